The van der Waals surface area contributed by atoms with E-state index in [4.69, 9.17) is 0 Å². The summed E-state index contributed by atoms with van der Waals surface area (Å²) in [4.78, 5) is 4.97. The van der Waals surface area contributed by atoms with Crippen molar-refractivity contribution in [2.75, 3.05) is 9.80 Å². The molecule has 5 heteroatoms. The number of para-hydroxylation sites is 1. The molecule has 1 aliphatic carbocycles. The summed E-state index contributed by atoms with van der Waals surface area (Å²) in [6.07, 6.45) is 0. The number of hydrogen-bond acceptors (Lipinski definition) is 4. The molecule has 16 rings (SSSR count). The van der Waals surface area contributed by atoms with E-state index < -0.39 is 0 Å². The molecule has 386 valence electrons. The molecule has 0 radical (unpaired) electrons. The summed E-state index contributed by atoms with van der Waals surface area (Å²) in [5, 5.41) is 12.9. The maximum absolute atomic E-state index is 2.58. The molecule has 0 atom stereocenters. The van der Waals surface area contributed by atoms with Gasteiger partial charge >= 0.3 is 0 Å². The highest BCUT2D eigenvalue weighted by Gasteiger charge is 2.38. The van der Waals surface area contributed by atoms with Crippen LogP contribution in [0.4, 0.5) is 34.1 Å². The Labute approximate surface area is 474 Å². The van der Waals surface area contributed by atoms with Crippen LogP contribution >= 0.6 is 22.7 Å². The number of thiophene rings is 2. The molecule has 80 heavy (non-hydrogen) atoms. The maximum Gasteiger partial charge on any atom is 0.0620 e. The molecule has 0 N–H and O–H groups in total. The number of nitrogens with zero attached hydrogens (tertiary/aromatic N) is 3. The van der Waals surface area contributed by atoms with Gasteiger partial charge in [0.1, 0.15) is 0 Å². The third kappa shape index (κ3) is 6.96. The molecule has 0 saturated heterocycles. The fraction of sp³-hybridized carbons (Fsp3) is 0.147. The van der Waals surface area contributed by atoms with E-state index in [9.17, 15) is 0 Å². The quantitative estimate of drug-likeness (QED) is 0.164. The van der Waals surface area contributed by atoms with Gasteiger partial charge in [0.25, 0.3) is 0 Å². The third-order valence-corrected chi connectivity index (χ3v) is 20.0. The van der Waals surface area contributed by atoms with Crippen LogP contribution in [0.25, 0.3) is 100 Å². The molecular weight excluding hydrogens is 1010 g/mol. The Hall–Kier alpha value is -8.48. The average molecular weight is 1070 g/mol. The molecule has 0 spiro atoms. The zero-order valence-corrected chi connectivity index (χ0v) is 48.0. The van der Waals surface area contributed by atoms with Gasteiger partial charge in [0.05, 0.1) is 16.6 Å². The van der Waals surface area contributed by atoms with Gasteiger partial charge in [-0.05, 0) is 164 Å². The van der Waals surface area contributed by atoms with Crippen molar-refractivity contribution in [3.63, 3.8) is 0 Å². The number of fused-ring (bicyclic) bond motifs is 17. The normalized spacial score (nSPS) is 13.6. The molecule has 0 amide bonds. The lowest BCUT2D eigenvalue weighted by Crippen LogP contribution is -2.17. The van der Waals surface area contributed by atoms with Gasteiger partial charge in [0, 0.05) is 101 Å². The van der Waals surface area contributed by atoms with Gasteiger partial charge in [-0.15, -0.1) is 22.7 Å². The Kier molecular flexibility index (Phi) is 9.97. The molecule has 0 aliphatic heterocycles. The highest BCUT2D eigenvalue weighted by molar-refractivity contribution is 7.26. The lowest BCUT2D eigenvalue weighted by Gasteiger charge is -2.30. The molecule has 0 fully saturated rings. The molecule has 0 unspecified atom stereocenters. The van der Waals surface area contributed by atoms with Crippen LogP contribution in [-0.4, -0.2) is 4.40 Å². The second kappa shape index (κ2) is 16.8. The second-order valence-electron chi connectivity index (χ2n) is 25.0. The lowest BCUT2D eigenvalue weighted by molar-refractivity contribution is 0.590. The predicted octanol–water partition coefficient (Wildman–Crippen LogP) is 22.6. The van der Waals surface area contributed by atoms with Crippen molar-refractivity contribution in [1.29, 1.82) is 0 Å². The van der Waals surface area contributed by atoms with E-state index in [0.29, 0.717) is 0 Å². The van der Waals surface area contributed by atoms with Gasteiger partial charge in [0.2, 0.25) is 0 Å². The zero-order valence-electron chi connectivity index (χ0n) is 46.4. The summed E-state index contributed by atoms with van der Waals surface area (Å²) < 4.78 is 7.83. The SMILES string of the molecule is CC(C)(C)c1cccc(N(c2ccc3c(c2)C(C)(C)c2c-3ccc3cc4c5cccc6c7ccc(N(c8cccc(C(C)(C)C)c8)c8ccc9sc%10ccccc%10c9c8)cc7n(c4cc23)c65)c2ccc3sc4ccccc4c3c2)c1. The molecule has 3 nitrogen and oxygen atoms in total. The summed E-state index contributed by atoms with van der Waals surface area (Å²) in [6, 6.07) is 81.2. The van der Waals surface area contributed by atoms with E-state index >= 15 is 0 Å². The minimum absolute atomic E-state index is 0.00502. The van der Waals surface area contributed by atoms with Gasteiger partial charge in [-0.1, -0.05) is 159 Å². The van der Waals surface area contributed by atoms with Crippen LogP contribution in [0.1, 0.15) is 77.6 Å². The fourth-order valence-electron chi connectivity index (χ4n) is 13.7. The fourth-order valence-corrected chi connectivity index (χ4v) is 15.9. The lowest BCUT2D eigenvalue weighted by atomic mass is 9.80. The minimum atomic E-state index is -0.301. The third-order valence-electron chi connectivity index (χ3n) is 17.7. The molecule has 15 aromatic rings. The van der Waals surface area contributed by atoms with E-state index in [0.717, 1.165) is 34.1 Å². The zero-order chi connectivity index (χ0) is 54.1. The largest absolute Gasteiger partial charge is 0.310 e. The summed E-state index contributed by atoms with van der Waals surface area (Å²) in [7, 11) is 0. The number of anilines is 6. The number of hydrogen-bond donors (Lipinski definition) is 0. The average Bonchev–Trinajstić information content (AvgIpc) is 4.43. The Balaban J connectivity index is 0.877. The van der Waals surface area contributed by atoms with Crippen molar-refractivity contribution in [2.45, 2.75) is 71.6 Å². The first-order valence-corrected chi connectivity index (χ1v) is 29.8. The standard InChI is InChI=1S/C75H59N3S2/c1-73(2,3)45-16-13-18-47(37-45)76(49-29-34-69-62(39-49)55-20-9-11-24-67(55)79-69)51-27-32-53-57-31-26-44-36-61-59-23-15-22-58-54-33-28-52(42-65(54)78(72(58)59)66(61)43-60(44)71(57)75(7,8)64(53)41-51)77(48-19-14-17-46(38-48)74(4,5)6)50-30-35-70-63(40-50)56-21-10-12-25-68(56)80-70/h9-43H,1-8H3. The van der Waals surface area contributed by atoms with Gasteiger partial charge in [0.15, 0.2) is 0 Å². The van der Waals surface area contributed by atoms with Crippen molar-refractivity contribution in [3.05, 3.63) is 235 Å². The summed E-state index contributed by atoms with van der Waals surface area (Å²) in [6.45, 7) is 18.7. The highest BCUT2D eigenvalue weighted by atomic mass is 32.1. The maximum atomic E-state index is 2.58. The molecule has 4 heterocycles. The summed E-state index contributed by atoms with van der Waals surface area (Å²) >= 11 is 3.74. The van der Waals surface area contributed by atoms with Crippen LogP contribution in [-0.2, 0) is 16.2 Å². The van der Waals surface area contributed by atoms with E-state index in [-0.39, 0.29) is 16.2 Å². The molecule has 0 bridgehead atoms. The van der Waals surface area contributed by atoms with Crippen LogP contribution in [0.5, 0.6) is 0 Å². The van der Waals surface area contributed by atoms with Gasteiger partial charge in [-0.25, -0.2) is 0 Å². The van der Waals surface area contributed by atoms with Crippen molar-refractivity contribution in [1.82, 2.24) is 4.40 Å². The first-order chi connectivity index (χ1) is 38.7. The molecule has 11 aromatic carbocycles. The molecule has 4 aromatic heterocycles. The van der Waals surface area contributed by atoms with E-state index in [1.54, 1.807) is 0 Å². The van der Waals surface area contributed by atoms with Gasteiger partial charge in [-0.3, -0.25) is 0 Å². The van der Waals surface area contributed by atoms with Crippen molar-refractivity contribution in [2.24, 2.45) is 0 Å². The molecule has 1 aliphatic rings. The number of aromatic nitrogens is 1. The highest BCUT2D eigenvalue weighted by Crippen LogP contribution is 2.55. The van der Waals surface area contributed by atoms with Crippen LogP contribution in [0.3, 0.4) is 0 Å². The predicted molar refractivity (Wildman–Crippen MR) is 349 cm³/mol. The van der Waals surface area contributed by atoms with E-state index in [1.165, 1.54) is 123 Å². The first kappa shape index (κ1) is 47.5. The first-order valence-electron chi connectivity index (χ1n) is 28.1. The monoisotopic (exact) mass is 1070 g/mol. The summed E-state index contributed by atoms with van der Waals surface area (Å²) in [5.74, 6) is 0. The van der Waals surface area contributed by atoms with Crippen molar-refractivity contribution >= 4 is 146 Å². The topological polar surface area (TPSA) is 10.9 Å². The molecular formula is C75H59N3S2. The minimum Gasteiger partial charge on any atom is -0.310 e. The smallest absolute Gasteiger partial charge is 0.0620 e. The van der Waals surface area contributed by atoms with Crippen molar-refractivity contribution < 1.29 is 0 Å². The van der Waals surface area contributed by atoms with Gasteiger partial charge in [-0.2, -0.15) is 0 Å². The molecule has 0 saturated carbocycles. The number of rotatable bonds is 6. The second-order valence-corrected chi connectivity index (χ2v) is 27.2. The van der Waals surface area contributed by atoms with Crippen LogP contribution in [0.2, 0.25) is 0 Å². The Bertz CT molecular complexity index is 5090. The number of benzene rings is 11. The van der Waals surface area contributed by atoms with Crippen LogP contribution in [0.15, 0.2) is 212 Å². The van der Waals surface area contributed by atoms with Crippen LogP contribution in [0, 0.1) is 0 Å². The van der Waals surface area contributed by atoms with Gasteiger partial charge < -0.3 is 14.2 Å². The Morgan fingerprint density at radius 3 is 1.44 bits per heavy atom. The Morgan fingerprint density at radius 2 is 0.825 bits per heavy atom. The summed E-state index contributed by atoms with van der Waals surface area (Å²) in [5.41, 5.74) is 18.3. The van der Waals surface area contributed by atoms with E-state index in [2.05, 4.69) is 282 Å². The van der Waals surface area contributed by atoms with E-state index in [1.807, 2.05) is 22.7 Å². The van der Waals surface area contributed by atoms with Crippen LogP contribution < -0.4 is 9.80 Å². The van der Waals surface area contributed by atoms with Crippen molar-refractivity contribution in [3.8, 4) is 11.1 Å². The Morgan fingerprint density at radius 1 is 0.350 bits per heavy atom.